The number of nitrogens with one attached hydrogen (secondary N) is 2. The van der Waals surface area contributed by atoms with Gasteiger partial charge in [-0.05, 0) is 26.3 Å². The van der Waals surface area contributed by atoms with Gasteiger partial charge >= 0.3 is 0 Å². The maximum atomic E-state index is 12.1. The molecule has 2 rings (SSSR count). The number of amides is 2. The Hall–Kier alpha value is -0.810. The van der Waals surface area contributed by atoms with Gasteiger partial charge < -0.3 is 15.5 Å². The standard InChI is InChI=1S/C15H27N3O2.ClH/c1-3-16-11(2)9-17-15(20)12-8-14(19)18(10-12)13-6-4-5-7-13;/h11-13,16H,3-10H2,1-2H3,(H,17,20);1H/t11-,12?;/m1./s1. The van der Waals surface area contributed by atoms with Gasteiger partial charge in [-0.1, -0.05) is 19.8 Å². The van der Waals surface area contributed by atoms with E-state index in [1.54, 1.807) is 0 Å². The predicted octanol–water partition coefficient (Wildman–Crippen LogP) is 1.31. The molecule has 2 aliphatic rings. The lowest BCUT2D eigenvalue weighted by atomic mass is 10.1. The number of rotatable bonds is 6. The van der Waals surface area contributed by atoms with Gasteiger partial charge in [-0.25, -0.2) is 0 Å². The summed E-state index contributed by atoms with van der Waals surface area (Å²) in [5.74, 6) is 0.0392. The Labute approximate surface area is 133 Å². The van der Waals surface area contributed by atoms with E-state index >= 15 is 0 Å². The van der Waals surface area contributed by atoms with E-state index in [1.807, 2.05) is 11.8 Å². The second kappa shape index (κ2) is 8.59. The summed E-state index contributed by atoms with van der Waals surface area (Å²) in [6.45, 7) is 6.24. The summed E-state index contributed by atoms with van der Waals surface area (Å²) in [6.07, 6.45) is 5.03. The molecule has 5 nitrogen and oxygen atoms in total. The molecule has 0 aromatic heterocycles. The van der Waals surface area contributed by atoms with E-state index in [4.69, 9.17) is 0 Å². The molecule has 1 unspecified atom stereocenters. The first kappa shape index (κ1) is 18.2. The normalized spacial score (nSPS) is 24.0. The Morgan fingerprint density at radius 1 is 1.38 bits per heavy atom. The number of carbonyl (C=O) groups excluding carboxylic acids is 2. The summed E-state index contributed by atoms with van der Waals surface area (Å²) in [5.41, 5.74) is 0. The maximum Gasteiger partial charge on any atom is 0.225 e. The lowest BCUT2D eigenvalue weighted by Gasteiger charge is -2.24. The van der Waals surface area contributed by atoms with Crippen LogP contribution in [-0.4, -0.2) is 48.4 Å². The number of likely N-dealkylation sites (tertiary alicyclic amines) is 1. The van der Waals surface area contributed by atoms with Crippen molar-refractivity contribution < 1.29 is 9.59 Å². The zero-order chi connectivity index (χ0) is 14.5. The van der Waals surface area contributed by atoms with Gasteiger partial charge in [0.15, 0.2) is 0 Å². The van der Waals surface area contributed by atoms with Gasteiger partial charge in [-0.3, -0.25) is 9.59 Å². The van der Waals surface area contributed by atoms with Crippen molar-refractivity contribution in [2.45, 2.75) is 58.0 Å². The van der Waals surface area contributed by atoms with Crippen LogP contribution >= 0.6 is 12.4 Å². The molecule has 1 aliphatic carbocycles. The van der Waals surface area contributed by atoms with Crippen LogP contribution in [0.1, 0.15) is 46.0 Å². The number of likely N-dealkylation sites (N-methyl/N-ethyl adjacent to an activating group) is 1. The zero-order valence-corrected chi connectivity index (χ0v) is 13.9. The highest BCUT2D eigenvalue weighted by Gasteiger charge is 2.38. The summed E-state index contributed by atoms with van der Waals surface area (Å²) in [7, 11) is 0. The van der Waals surface area contributed by atoms with Gasteiger partial charge in [0, 0.05) is 31.6 Å². The summed E-state index contributed by atoms with van der Waals surface area (Å²) in [4.78, 5) is 26.1. The highest BCUT2D eigenvalue weighted by Crippen LogP contribution is 2.29. The SMILES string of the molecule is CCN[C@H](C)CNC(=O)C1CC(=O)N(C2CCCC2)C1.Cl. The topological polar surface area (TPSA) is 61.4 Å². The molecule has 122 valence electrons. The third-order valence-corrected chi connectivity index (χ3v) is 4.43. The molecule has 0 bridgehead atoms. The van der Waals surface area contributed by atoms with E-state index in [0.29, 0.717) is 25.6 Å². The van der Waals surface area contributed by atoms with Crippen molar-refractivity contribution in [3.63, 3.8) is 0 Å². The molecule has 1 saturated heterocycles. The smallest absolute Gasteiger partial charge is 0.225 e. The molecule has 0 spiro atoms. The number of hydrogen-bond acceptors (Lipinski definition) is 3. The van der Waals surface area contributed by atoms with Gasteiger partial charge in [0.1, 0.15) is 0 Å². The van der Waals surface area contributed by atoms with Crippen LogP contribution < -0.4 is 10.6 Å². The van der Waals surface area contributed by atoms with E-state index < -0.39 is 0 Å². The van der Waals surface area contributed by atoms with Gasteiger partial charge in [0.05, 0.1) is 5.92 Å². The highest BCUT2D eigenvalue weighted by molar-refractivity contribution is 5.89. The fraction of sp³-hybridized carbons (Fsp3) is 0.867. The largest absolute Gasteiger partial charge is 0.354 e. The van der Waals surface area contributed by atoms with Crippen LogP contribution in [0.15, 0.2) is 0 Å². The van der Waals surface area contributed by atoms with Crippen molar-refractivity contribution in [2.24, 2.45) is 5.92 Å². The summed E-state index contributed by atoms with van der Waals surface area (Å²) < 4.78 is 0. The van der Waals surface area contributed by atoms with Crippen molar-refractivity contribution in [3.8, 4) is 0 Å². The summed E-state index contributed by atoms with van der Waals surface area (Å²) in [5, 5.41) is 6.22. The van der Waals surface area contributed by atoms with Crippen LogP contribution in [0.3, 0.4) is 0 Å². The van der Waals surface area contributed by atoms with Crippen LogP contribution in [0.4, 0.5) is 0 Å². The average molecular weight is 318 g/mol. The van der Waals surface area contributed by atoms with Gasteiger partial charge in [-0.15, -0.1) is 12.4 Å². The zero-order valence-electron chi connectivity index (χ0n) is 13.1. The minimum atomic E-state index is -0.156. The van der Waals surface area contributed by atoms with Crippen LogP contribution in [-0.2, 0) is 9.59 Å². The predicted molar refractivity (Wildman–Crippen MR) is 85.5 cm³/mol. The molecular weight excluding hydrogens is 290 g/mol. The summed E-state index contributed by atoms with van der Waals surface area (Å²) >= 11 is 0. The molecule has 2 amide bonds. The number of carbonyl (C=O) groups is 2. The van der Waals surface area contributed by atoms with Crippen molar-refractivity contribution >= 4 is 24.2 Å². The molecule has 2 atom stereocenters. The van der Waals surface area contributed by atoms with E-state index in [-0.39, 0.29) is 36.2 Å². The Morgan fingerprint density at radius 3 is 2.67 bits per heavy atom. The van der Waals surface area contributed by atoms with Crippen molar-refractivity contribution in [1.29, 1.82) is 0 Å². The van der Waals surface area contributed by atoms with E-state index in [2.05, 4.69) is 17.6 Å². The Balaban J connectivity index is 0.00000220. The van der Waals surface area contributed by atoms with Gasteiger partial charge in [0.25, 0.3) is 0 Å². The van der Waals surface area contributed by atoms with Gasteiger partial charge in [-0.2, -0.15) is 0 Å². The molecule has 0 aromatic rings. The van der Waals surface area contributed by atoms with Crippen LogP contribution in [0.5, 0.6) is 0 Å². The van der Waals surface area contributed by atoms with Crippen LogP contribution in [0.2, 0.25) is 0 Å². The second-order valence-corrected chi connectivity index (χ2v) is 6.09. The Morgan fingerprint density at radius 2 is 2.05 bits per heavy atom. The summed E-state index contributed by atoms with van der Waals surface area (Å²) in [6, 6.07) is 0.660. The Kier molecular flexibility index (Phi) is 7.46. The number of hydrogen-bond donors (Lipinski definition) is 2. The second-order valence-electron chi connectivity index (χ2n) is 6.09. The third-order valence-electron chi connectivity index (χ3n) is 4.43. The molecule has 2 N–H and O–H groups in total. The molecule has 1 heterocycles. The molecule has 0 radical (unpaired) electrons. The molecule has 1 aliphatic heterocycles. The van der Waals surface area contributed by atoms with Gasteiger partial charge in [0.2, 0.25) is 11.8 Å². The Bertz CT molecular complexity index is 359. The minimum absolute atomic E-state index is 0. The molecule has 1 saturated carbocycles. The molecule has 21 heavy (non-hydrogen) atoms. The first-order valence-corrected chi connectivity index (χ1v) is 7.92. The van der Waals surface area contributed by atoms with Crippen molar-refractivity contribution in [1.82, 2.24) is 15.5 Å². The average Bonchev–Trinajstić information content (AvgIpc) is 3.05. The van der Waals surface area contributed by atoms with E-state index in [0.717, 1.165) is 19.4 Å². The van der Waals surface area contributed by atoms with Crippen molar-refractivity contribution in [2.75, 3.05) is 19.6 Å². The lowest BCUT2D eigenvalue weighted by Crippen LogP contribution is -2.42. The first-order valence-electron chi connectivity index (χ1n) is 7.92. The number of nitrogens with zero attached hydrogens (tertiary/aromatic N) is 1. The molecule has 6 heteroatoms. The first-order chi connectivity index (χ1) is 9.61. The fourth-order valence-electron chi connectivity index (χ4n) is 3.29. The van der Waals surface area contributed by atoms with E-state index in [1.165, 1.54) is 12.8 Å². The number of halogens is 1. The van der Waals surface area contributed by atoms with E-state index in [9.17, 15) is 9.59 Å². The molecular formula is C15H28ClN3O2. The maximum absolute atomic E-state index is 12.1. The van der Waals surface area contributed by atoms with Crippen LogP contribution in [0.25, 0.3) is 0 Å². The third kappa shape index (κ3) is 4.85. The molecule has 0 aromatic carbocycles. The fourth-order valence-corrected chi connectivity index (χ4v) is 3.29. The van der Waals surface area contributed by atoms with Crippen molar-refractivity contribution in [3.05, 3.63) is 0 Å². The highest BCUT2D eigenvalue weighted by atomic mass is 35.5. The minimum Gasteiger partial charge on any atom is -0.354 e. The monoisotopic (exact) mass is 317 g/mol. The quantitative estimate of drug-likeness (QED) is 0.776. The van der Waals surface area contributed by atoms with Crippen LogP contribution in [0, 0.1) is 5.92 Å². The lowest BCUT2D eigenvalue weighted by molar-refractivity contribution is -0.130. The molecule has 2 fully saturated rings.